The van der Waals surface area contributed by atoms with E-state index < -0.39 is 11.7 Å². The van der Waals surface area contributed by atoms with Gasteiger partial charge in [-0.3, -0.25) is 0 Å². The van der Waals surface area contributed by atoms with Crippen LogP contribution in [0.15, 0.2) is 24.3 Å². The normalized spacial score (nSPS) is 27.8. The molecule has 0 aromatic heterocycles. The smallest absolute Gasteiger partial charge is 0.123 e. The third kappa shape index (κ3) is 4.77. The molecule has 124 valence electrons. The molecule has 2 rings (SSSR count). The van der Waals surface area contributed by atoms with E-state index in [9.17, 15) is 14.6 Å². The minimum absolute atomic E-state index is 0.0849. The Bertz CT molecular complexity index is 459. The van der Waals surface area contributed by atoms with Gasteiger partial charge in [-0.05, 0) is 63.8 Å². The van der Waals surface area contributed by atoms with Gasteiger partial charge in [0.25, 0.3) is 0 Å². The van der Waals surface area contributed by atoms with E-state index in [0.29, 0.717) is 6.42 Å². The number of hydrogen-bond donors (Lipinski definition) is 2. The second-order valence-corrected chi connectivity index (χ2v) is 6.84. The molecule has 1 aliphatic rings. The van der Waals surface area contributed by atoms with Crippen LogP contribution >= 0.6 is 0 Å². The van der Waals surface area contributed by atoms with Gasteiger partial charge in [-0.25, -0.2) is 4.39 Å². The summed E-state index contributed by atoms with van der Waals surface area (Å²) in [6.45, 7) is 6.21. The molecule has 0 amide bonds. The Morgan fingerprint density at radius 1 is 1.32 bits per heavy atom. The highest BCUT2D eigenvalue weighted by Gasteiger charge is 2.39. The number of aliphatic hydroxyl groups is 2. The second kappa shape index (κ2) is 7.53. The molecular weight excluding hydrogens is 281 g/mol. The molecule has 2 N–H and O–H groups in total. The summed E-state index contributed by atoms with van der Waals surface area (Å²) in [6.07, 6.45) is 3.33. The zero-order valence-electron chi connectivity index (χ0n) is 13.6. The lowest BCUT2D eigenvalue weighted by Crippen LogP contribution is -2.54. The zero-order valence-corrected chi connectivity index (χ0v) is 13.6. The van der Waals surface area contributed by atoms with Gasteiger partial charge in [0.1, 0.15) is 5.82 Å². The van der Waals surface area contributed by atoms with E-state index in [0.717, 1.165) is 38.9 Å². The molecule has 1 aliphatic heterocycles. The van der Waals surface area contributed by atoms with Crippen molar-refractivity contribution in [2.75, 3.05) is 19.6 Å². The molecule has 0 bridgehead atoms. The topological polar surface area (TPSA) is 43.7 Å². The first-order chi connectivity index (χ1) is 10.4. The highest BCUT2D eigenvalue weighted by molar-refractivity contribution is 5.15. The maximum Gasteiger partial charge on any atom is 0.123 e. The van der Waals surface area contributed by atoms with Crippen molar-refractivity contribution in [2.45, 2.75) is 51.2 Å². The fraction of sp³-hybridized carbons (Fsp3) is 0.667. The summed E-state index contributed by atoms with van der Waals surface area (Å²) in [6, 6.07) is 6.71. The molecule has 1 fully saturated rings. The summed E-state index contributed by atoms with van der Waals surface area (Å²) in [5.41, 5.74) is 0.406. The van der Waals surface area contributed by atoms with Gasteiger partial charge >= 0.3 is 0 Å². The number of likely N-dealkylation sites (tertiary alicyclic amines) is 1. The number of nitrogens with zero attached hydrogens (tertiary/aromatic N) is 1. The average molecular weight is 309 g/mol. The van der Waals surface area contributed by atoms with Gasteiger partial charge in [0.2, 0.25) is 0 Å². The van der Waals surface area contributed by atoms with Crippen molar-refractivity contribution >= 4 is 0 Å². The number of hydrogen-bond acceptors (Lipinski definition) is 3. The number of unbranched alkanes of at least 4 members (excludes halogenated alkanes) is 1. The minimum atomic E-state index is -0.765. The number of rotatable bonds is 6. The largest absolute Gasteiger partial charge is 0.393 e. The van der Waals surface area contributed by atoms with Gasteiger partial charge in [-0.2, -0.15) is 0 Å². The van der Waals surface area contributed by atoms with Crippen LogP contribution in [0, 0.1) is 11.7 Å². The summed E-state index contributed by atoms with van der Waals surface area (Å²) >= 11 is 0. The predicted molar refractivity (Wildman–Crippen MR) is 86.2 cm³/mol. The van der Waals surface area contributed by atoms with E-state index in [-0.39, 0.29) is 11.7 Å². The maximum absolute atomic E-state index is 12.8. The SMILES string of the molecule is CC(O)[C@H]1CN(CCCCc2ccc(F)cc2)CC[C@]1(C)O. The summed E-state index contributed by atoms with van der Waals surface area (Å²) < 4.78 is 12.8. The van der Waals surface area contributed by atoms with E-state index in [2.05, 4.69) is 4.90 Å². The number of halogens is 1. The summed E-state index contributed by atoms with van der Waals surface area (Å²) in [5, 5.41) is 20.2. The molecule has 1 aromatic rings. The quantitative estimate of drug-likeness (QED) is 0.794. The first kappa shape index (κ1) is 17.4. The Hall–Kier alpha value is -0.970. The molecule has 22 heavy (non-hydrogen) atoms. The standard InChI is InChI=1S/C18H28FNO2/c1-14(21)17-13-20(12-10-18(17,2)22)11-4-3-5-15-6-8-16(19)9-7-15/h6-9,14,17,21-22H,3-5,10-13H2,1-2H3/t14?,17-,18+/m1/s1. The summed E-state index contributed by atoms with van der Waals surface area (Å²) in [4.78, 5) is 2.33. The van der Waals surface area contributed by atoms with Crippen molar-refractivity contribution in [1.29, 1.82) is 0 Å². The van der Waals surface area contributed by atoms with Crippen LogP contribution in [0.25, 0.3) is 0 Å². The minimum Gasteiger partial charge on any atom is -0.393 e. The molecule has 0 saturated carbocycles. The van der Waals surface area contributed by atoms with E-state index >= 15 is 0 Å². The van der Waals surface area contributed by atoms with E-state index in [1.807, 2.05) is 19.1 Å². The molecule has 3 nitrogen and oxygen atoms in total. The Morgan fingerprint density at radius 3 is 2.64 bits per heavy atom. The lowest BCUT2D eigenvalue weighted by Gasteiger charge is -2.44. The molecule has 1 heterocycles. The zero-order chi connectivity index (χ0) is 16.2. The second-order valence-electron chi connectivity index (χ2n) is 6.84. The van der Waals surface area contributed by atoms with Gasteiger partial charge in [-0.1, -0.05) is 12.1 Å². The molecular formula is C18H28FNO2. The summed E-state index contributed by atoms with van der Waals surface area (Å²) in [7, 11) is 0. The van der Waals surface area contributed by atoms with Crippen molar-refractivity contribution in [1.82, 2.24) is 4.90 Å². The lowest BCUT2D eigenvalue weighted by atomic mass is 9.79. The Labute approximate surface area is 132 Å². The highest BCUT2D eigenvalue weighted by Crippen LogP contribution is 2.30. The van der Waals surface area contributed by atoms with E-state index in [1.54, 1.807) is 6.92 Å². The highest BCUT2D eigenvalue weighted by atomic mass is 19.1. The van der Waals surface area contributed by atoms with Crippen LogP contribution in [0.5, 0.6) is 0 Å². The van der Waals surface area contributed by atoms with Crippen molar-refractivity contribution in [3.8, 4) is 0 Å². The van der Waals surface area contributed by atoms with Crippen LogP contribution in [-0.4, -0.2) is 46.5 Å². The fourth-order valence-corrected chi connectivity index (χ4v) is 3.33. The molecule has 3 atom stereocenters. The number of benzene rings is 1. The Kier molecular flexibility index (Phi) is 5.95. The van der Waals surface area contributed by atoms with Crippen LogP contribution in [-0.2, 0) is 6.42 Å². The van der Waals surface area contributed by atoms with Crippen LogP contribution in [0.1, 0.15) is 38.7 Å². The molecule has 0 spiro atoms. The fourth-order valence-electron chi connectivity index (χ4n) is 3.33. The molecule has 0 radical (unpaired) electrons. The van der Waals surface area contributed by atoms with Crippen LogP contribution in [0.3, 0.4) is 0 Å². The average Bonchev–Trinajstić information content (AvgIpc) is 2.46. The van der Waals surface area contributed by atoms with Crippen LogP contribution < -0.4 is 0 Å². The van der Waals surface area contributed by atoms with Crippen molar-refractivity contribution < 1.29 is 14.6 Å². The maximum atomic E-state index is 12.8. The first-order valence-corrected chi connectivity index (χ1v) is 8.26. The van der Waals surface area contributed by atoms with Gasteiger partial charge in [-0.15, -0.1) is 0 Å². The van der Waals surface area contributed by atoms with Crippen molar-refractivity contribution in [3.63, 3.8) is 0 Å². The molecule has 1 aromatic carbocycles. The summed E-state index contributed by atoms with van der Waals surface area (Å²) in [5.74, 6) is -0.272. The third-order valence-corrected chi connectivity index (χ3v) is 4.87. The first-order valence-electron chi connectivity index (χ1n) is 8.26. The molecule has 1 saturated heterocycles. The third-order valence-electron chi connectivity index (χ3n) is 4.87. The van der Waals surface area contributed by atoms with Crippen LogP contribution in [0.2, 0.25) is 0 Å². The van der Waals surface area contributed by atoms with Crippen molar-refractivity contribution in [2.24, 2.45) is 5.92 Å². The molecule has 0 aliphatic carbocycles. The monoisotopic (exact) mass is 309 g/mol. The number of aryl methyl sites for hydroxylation is 1. The van der Waals surface area contributed by atoms with E-state index in [1.165, 1.54) is 17.7 Å². The van der Waals surface area contributed by atoms with Gasteiger partial charge in [0.05, 0.1) is 11.7 Å². The van der Waals surface area contributed by atoms with E-state index in [4.69, 9.17) is 0 Å². The van der Waals surface area contributed by atoms with Gasteiger partial charge in [0.15, 0.2) is 0 Å². The predicted octanol–water partition coefficient (Wildman–Crippen LogP) is 2.60. The Morgan fingerprint density at radius 2 is 2.00 bits per heavy atom. The lowest BCUT2D eigenvalue weighted by molar-refractivity contribution is -0.0987. The van der Waals surface area contributed by atoms with Gasteiger partial charge in [0, 0.05) is 19.0 Å². The van der Waals surface area contributed by atoms with Gasteiger partial charge < -0.3 is 15.1 Å². The van der Waals surface area contributed by atoms with Crippen molar-refractivity contribution in [3.05, 3.63) is 35.6 Å². The number of aliphatic hydroxyl groups excluding tert-OH is 1. The Balaban J connectivity index is 1.72. The number of piperidine rings is 1. The molecule has 4 heteroatoms. The van der Waals surface area contributed by atoms with Crippen LogP contribution in [0.4, 0.5) is 4.39 Å². The molecule has 1 unspecified atom stereocenters.